The van der Waals surface area contributed by atoms with Crippen molar-refractivity contribution in [2.24, 2.45) is 5.92 Å². The van der Waals surface area contributed by atoms with E-state index in [9.17, 15) is 4.79 Å². The van der Waals surface area contributed by atoms with Gasteiger partial charge in [0.2, 0.25) is 5.91 Å². The van der Waals surface area contributed by atoms with Gasteiger partial charge in [-0.3, -0.25) is 4.79 Å². The first-order valence-corrected chi connectivity index (χ1v) is 6.23. The molecule has 92 valence electrons. The summed E-state index contributed by atoms with van der Waals surface area (Å²) in [6.45, 7) is 4.73. The molecule has 17 heavy (non-hydrogen) atoms. The van der Waals surface area contributed by atoms with Gasteiger partial charge in [0.05, 0.1) is 0 Å². The second-order valence-electron chi connectivity index (χ2n) is 5.03. The first-order chi connectivity index (χ1) is 8.13. The maximum Gasteiger partial charge on any atom is 0.221 e. The predicted molar refractivity (Wildman–Crippen MR) is 69.8 cm³/mol. The zero-order valence-electron chi connectivity index (χ0n) is 10.5. The largest absolute Gasteiger partial charge is 0.326 e. The Hall–Kier alpha value is -1.35. The minimum Gasteiger partial charge on any atom is -0.326 e. The Morgan fingerprint density at radius 1 is 1.29 bits per heavy atom. The molecular weight excluding hydrogens is 212 g/mol. The molecule has 1 fully saturated rings. The third-order valence-electron chi connectivity index (χ3n) is 3.24. The van der Waals surface area contributed by atoms with Crippen LogP contribution >= 0.6 is 0 Å². The van der Waals surface area contributed by atoms with Crippen molar-refractivity contribution < 1.29 is 4.79 Å². The molecule has 0 atom stereocenters. The van der Waals surface area contributed by atoms with Gasteiger partial charge in [0, 0.05) is 25.2 Å². The van der Waals surface area contributed by atoms with Crippen LogP contribution in [0.15, 0.2) is 24.3 Å². The van der Waals surface area contributed by atoms with Gasteiger partial charge in [0.1, 0.15) is 0 Å². The molecule has 0 saturated heterocycles. The van der Waals surface area contributed by atoms with Crippen LogP contribution in [0.1, 0.15) is 32.3 Å². The van der Waals surface area contributed by atoms with Gasteiger partial charge in [-0.25, -0.2) is 0 Å². The number of benzene rings is 1. The molecule has 0 heterocycles. The Balaban J connectivity index is 1.79. The number of carbonyl (C=O) groups is 1. The van der Waals surface area contributed by atoms with Crippen LogP contribution in [0.4, 0.5) is 5.69 Å². The van der Waals surface area contributed by atoms with Gasteiger partial charge in [-0.15, -0.1) is 0 Å². The van der Waals surface area contributed by atoms with E-state index in [0.717, 1.165) is 18.2 Å². The van der Waals surface area contributed by atoms with Gasteiger partial charge in [0.15, 0.2) is 0 Å². The van der Waals surface area contributed by atoms with Crippen molar-refractivity contribution in [2.45, 2.75) is 39.3 Å². The SMILES string of the molecule is CC(=O)Nc1ccc(CNC2CC(C)C2)cc1. The third-order valence-corrected chi connectivity index (χ3v) is 3.24. The first kappa shape index (κ1) is 12.1. The summed E-state index contributed by atoms with van der Waals surface area (Å²) in [6.07, 6.45) is 2.59. The third kappa shape index (κ3) is 3.56. The molecule has 2 rings (SSSR count). The highest BCUT2D eigenvalue weighted by molar-refractivity contribution is 5.88. The first-order valence-electron chi connectivity index (χ1n) is 6.23. The van der Waals surface area contributed by atoms with E-state index < -0.39 is 0 Å². The minimum absolute atomic E-state index is 0.0284. The van der Waals surface area contributed by atoms with Crippen molar-refractivity contribution in [2.75, 3.05) is 5.32 Å². The number of carbonyl (C=O) groups excluding carboxylic acids is 1. The zero-order chi connectivity index (χ0) is 12.3. The lowest BCUT2D eigenvalue weighted by atomic mass is 9.82. The van der Waals surface area contributed by atoms with Crippen molar-refractivity contribution >= 4 is 11.6 Å². The number of hydrogen-bond acceptors (Lipinski definition) is 2. The number of amides is 1. The average Bonchev–Trinajstić information content (AvgIpc) is 2.24. The summed E-state index contributed by atoms with van der Waals surface area (Å²) in [5, 5.41) is 6.30. The highest BCUT2D eigenvalue weighted by Gasteiger charge is 2.24. The van der Waals surface area contributed by atoms with Gasteiger partial charge in [-0.1, -0.05) is 19.1 Å². The normalized spacial score (nSPS) is 22.9. The van der Waals surface area contributed by atoms with E-state index in [1.807, 2.05) is 12.1 Å². The molecule has 3 nitrogen and oxygen atoms in total. The highest BCUT2D eigenvalue weighted by atomic mass is 16.1. The van der Waals surface area contributed by atoms with Crippen molar-refractivity contribution in [1.82, 2.24) is 5.32 Å². The molecule has 1 saturated carbocycles. The summed E-state index contributed by atoms with van der Waals surface area (Å²) in [6, 6.07) is 8.70. The fourth-order valence-corrected chi connectivity index (χ4v) is 2.24. The van der Waals surface area contributed by atoms with E-state index in [1.54, 1.807) is 0 Å². The lowest BCUT2D eigenvalue weighted by Gasteiger charge is -2.33. The fourth-order valence-electron chi connectivity index (χ4n) is 2.24. The Bertz CT molecular complexity index is 380. The molecular formula is C14H20N2O. The molecule has 0 aliphatic heterocycles. The molecule has 1 aromatic carbocycles. The quantitative estimate of drug-likeness (QED) is 0.837. The molecule has 2 N–H and O–H groups in total. The van der Waals surface area contributed by atoms with Gasteiger partial charge >= 0.3 is 0 Å². The standard InChI is InChI=1S/C14H20N2O/c1-10-7-14(8-10)15-9-12-3-5-13(6-4-12)16-11(2)17/h3-6,10,14-15H,7-9H2,1-2H3,(H,16,17). The van der Waals surface area contributed by atoms with Crippen LogP contribution in [0.5, 0.6) is 0 Å². The minimum atomic E-state index is -0.0284. The van der Waals surface area contributed by atoms with Gasteiger partial charge in [0.25, 0.3) is 0 Å². The van der Waals surface area contributed by atoms with E-state index in [4.69, 9.17) is 0 Å². The summed E-state index contributed by atoms with van der Waals surface area (Å²) < 4.78 is 0. The maximum atomic E-state index is 10.9. The Labute approximate surface area is 103 Å². The summed E-state index contributed by atoms with van der Waals surface area (Å²) in [7, 11) is 0. The Morgan fingerprint density at radius 2 is 1.94 bits per heavy atom. The molecule has 1 amide bonds. The number of nitrogens with one attached hydrogen (secondary N) is 2. The van der Waals surface area contributed by atoms with E-state index >= 15 is 0 Å². The maximum absolute atomic E-state index is 10.9. The van der Waals surface area contributed by atoms with Crippen LogP contribution in [-0.2, 0) is 11.3 Å². The Morgan fingerprint density at radius 3 is 2.47 bits per heavy atom. The monoisotopic (exact) mass is 232 g/mol. The van der Waals surface area contributed by atoms with Crippen LogP contribution in [0, 0.1) is 5.92 Å². The average molecular weight is 232 g/mol. The molecule has 0 spiro atoms. The number of rotatable bonds is 4. The predicted octanol–water partition coefficient (Wildman–Crippen LogP) is 2.53. The molecule has 1 aromatic rings. The van der Waals surface area contributed by atoms with Crippen molar-refractivity contribution in [3.8, 4) is 0 Å². The summed E-state index contributed by atoms with van der Waals surface area (Å²) in [4.78, 5) is 10.9. The van der Waals surface area contributed by atoms with Gasteiger partial charge < -0.3 is 10.6 Å². The fraction of sp³-hybridized carbons (Fsp3) is 0.500. The van der Waals surface area contributed by atoms with Crippen molar-refractivity contribution in [1.29, 1.82) is 0 Å². The molecule has 0 bridgehead atoms. The molecule has 0 aromatic heterocycles. The molecule has 3 heteroatoms. The Kier molecular flexibility index (Phi) is 3.79. The van der Waals surface area contributed by atoms with Crippen LogP contribution < -0.4 is 10.6 Å². The summed E-state index contributed by atoms with van der Waals surface area (Å²) >= 11 is 0. The lowest BCUT2D eigenvalue weighted by Crippen LogP contribution is -2.39. The van der Waals surface area contributed by atoms with Gasteiger partial charge in [-0.05, 0) is 36.5 Å². The molecule has 1 aliphatic carbocycles. The van der Waals surface area contributed by atoms with Crippen LogP contribution in [-0.4, -0.2) is 11.9 Å². The highest BCUT2D eigenvalue weighted by Crippen LogP contribution is 2.26. The van der Waals surface area contributed by atoms with E-state index in [-0.39, 0.29) is 5.91 Å². The van der Waals surface area contributed by atoms with Crippen molar-refractivity contribution in [3.63, 3.8) is 0 Å². The summed E-state index contributed by atoms with van der Waals surface area (Å²) in [5.41, 5.74) is 2.12. The summed E-state index contributed by atoms with van der Waals surface area (Å²) in [5.74, 6) is 0.856. The van der Waals surface area contributed by atoms with E-state index in [1.165, 1.54) is 25.3 Å². The van der Waals surface area contributed by atoms with Gasteiger partial charge in [-0.2, -0.15) is 0 Å². The zero-order valence-corrected chi connectivity index (χ0v) is 10.5. The van der Waals surface area contributed by atoms with Crippen molar-refractivity contribution in [3.05, 3.63) is 29.8 Å². The molecule has 1 aliphatic rings. The smallest absolute Gasteiger partial charge is 0.221 e. The topological polar surface area (TPSA) is 41.1 Å². The van der Waals surface area contributed by atoms with E-state index in [0.29, 0.717) is 6.04 Å². The second kappa shape index (κ2) is 5.32. The number of anilines is 1. The molecule has 0 unspecified atom stereocenters. The van der Waals surface area contributed by atoms with Crippen LogP contribution in [0.2, 0.25) is 0 Å². The second-order valence-corrected chi connectivity index (χ2v) is 5.03. The van der Waals surface area contributed by atoms with E-state index in [2.05, 4.69) is 29.7 Å². The lowest BCUT2D eigenvalue weighted by molar-refractivity contribution is -0.114. The number of hydrogen-bond donors (Lipinski definition) is 2. The molecule has 0 radical (unpaired) electrons. The van der Waals surface area contributed by atoms with Crippen LogP contribution in [0.25, 0.3) is 0 Å². The van der Waals surface area contributed by atoms with Crippen LogP contribution in [0.3, 0.4) is 0 Å².